The molecule has 1 aromatic heterocycles. The number of sulfone groups is 1. The van der Waals surface area contributed by atoms with E-state index >= 15 is 0 Å². The van der Waals surface area contributed by atoms with Gasteiger partial charge in [-0.3, -0.25) is 4.79 Å². The molecular formula is C23H23FN2O4S2. The number of carbonyl (C=O) groups is 1. The van der Waals surface area contributed by atoms with Gasteiger partial charge < -0.3 is 15.4 Å². The van der Waals surface area contributed by atoms with E-state index < -0.39 is 27.1 Å². The first kappa shape index (κ1) is 22.4. The third kappa shape index (κ3) is 5.17. The van der Waals surface area contributed by atoms with Crippen LogP contribution >= 0.6 is 11.3 Å². The number of amides is 1. The molecule has 6 nitrogen and oxygen atoms in total. The van der Waals surface area contributed by atoms with E-state index in [0.717, 1.165) is 23.4 Å². The Labute approximate surface area is 190 Å². The quantitative estimate of drug-likeness (QED) is 0.485. The molecule has 2 N–H and O–H groups in total. The number of halogens is 1. The highest BCUT2D eigenvalue weighted by Crippen LogP contribution is 2.30. The van der Waals surface area contributed by atoms with E-state index in [-0.39, 0.29) is 10.8 Å². The van der Waals surface area contributed by atoms with Crippen LogP contribution in [0.5, 0.6) is 5.75 Å². The highest BCUT2D eigenvalue weighted by molar-refractivity contribution is 7.91. The van der Waals surface area contributed by atoms with Crippen LogP contribution in [0.15, 0.2) is 70.9 Å². The largest absolute Gasteiger partial charge is 0.488 e. The standard InChI is InChI=1S/C23H23FN2O4S2/c24-17-8-10-20(11-9-17)32(28,29)23(26-22(27)21-7-2-12-25-21)16-4-1-5-18(14-16)30-15-19-6-3-13-31-19/h1,3-6,8-11,13-14,21,23,25H,2,7,12,15H2,(H,26,27)/t21?,23-/m0/s1. The molecule has 0 radical (unpaired) electrons. The van der Waals surface area contributed by atoms with Crippen molar-refractivity contribution in [1.82, 2.24) is 10.6 Å². The molecule has 1 unspecified atom stereocenters. The maximum Gasteiger partial charge on any atom is 0.238 e. The molecule has 4 rings (SSSR count). The normalized spacial score (nSPS) is 17.1. The lowest BCUT2D eigenvalue weighted by Gasteiger charge is -2.22. The lowest BCUT2D eigenvalue weighted by atomic mass is 10.2. The van der Waals surface area contributed by atoms with Crippen molar-refractivity contribution < 1.29 is 22.3 Å². The maximum atomic E-state index is 13.5. The number of carbonyl (C=O) groups excluding carboxylic acids is 1. The van der Waals surface area contributed by atoms with Crippen LogP contribution in [0.1, 0.15) is 28.7 Å². The number of thiophene rings is 1. The SMILES string of the molecule is O=C(N[C@H](c1cccc(OCc2cccs2)c1)S(=O)(=O)c1ccc(F)cc1)C1CCCN1. The Morgan fingerprint density at radius 3 is 2.69 bits per heavy atom. The van der Waals surface area contributed by atoms with Gasteiger partial charge in [-0.25, -0.2) is 12.8 Å². The van der Waals surface area contributed by atoms with Crippen molar-refractivity contribution in [3.8, 4) is 5.75 Å². The van der Waals surface area contributed by atoms with E-state index in [4.69, 9.17) is 4.74 Å². The number of hydrogen-bond donors (Lipinski definition) is 2. The molecule has 0 spiro atoms. The summed E-state index contributed by atoms with van der Waals surface area (Å²) in [5.74, 6) is -0.435. The van der Waals surface area contributed by atoms with E-state index in [0.29, 0.717) is 30.9 Å². The highest BCUT2D eigenvalue weighted by Gasteiger charge is 2.33. The van der Waals surface area contributed by atoms with Gasteiger partial charge in [0, 0.05) is 4.88 Å². The van der Waals surface area contributed by atoms with Gasteiger partial charge in [0.15, 0.2) is 5.37 Å². The highest BCUT2D eigenvalue weighted by atomic mass is 32.2. The van der Waals surface area contributed by atoms with Crippen molar-refractivity contribution in [3.63, 3.8) is 0 Å². The molecule has 1 fully saturated rings. The van der Waals surface area contributed by atoms with Gasteiger partial charge in [-0.05, 0) is 72.8 Å². The first-order valence-electron chi connectivity index (χ1n) is 10.2. The van der Waals surface area contributed by atoms with Crippen LogP contribution in [-0.4, -0.2) is 26.9 Å². The summed E-state index contributed by atoms with van der Waals surface area (Å²) < 4.78 is 46.1. The second-order valence-corrected chi connectivity index (χ2v) is 10.5. The van der Waals surface area contributed by atoms with Crippen LogP contribution in [0.4, 0.5) is 4.39 Å². The molecule has 1 amide bonds. The number of benzene rings is 2. The summed E-state index contributed by atoms with van der Waals surface area (Å²) in [6, 6.07) is 14.7. The molecule has 9 heteroatoms. The van der Waals surface area contributed by atoms with Crippen LogP contribution in [0.3, 0.4) is 0 Å². The summed E-state index contributed by atoms with van der Waals surface area (Å²) in [7, 11) is -4.05. The second-order valence-electron chi connectivity index (χ2n) is 7.48. The Morgan fingerprint density at radius 1 is 1.19 bits per heavy atom. The summed E-state index contributed by atoms with van der Waals surface area (Å²) >= 11 is 1.56. The molecule has 0 aliphatic carbocycles. The molecule has 2 aromatic carbocycles. The molecule has 3 aromatic rings. The fraction of sp³-hybridized carbons (Fsp3) is 0.261. The minimum absolute atomic E-state index is 0.0755. The minimum Gasteiger partial charge on any atom is -0.488 e. The van der Waals surface area contributed by atoms with Gasteiger partial charge in [0.1, 0.15) is 18.2 Å². The Bertz CT molecular complexity index is 1160. The summed E-state index contributed by atoms with van der Waals surface area (Å²) in [6.07, 6.45) is 1.48. The minimum atomic E-state index is -4.05. The van der Waals surface area contributed by atoms with Crippen molar-refractivity contribution in [1.29, 1.82) is 0 Å². The molecule has 2 heterocycles. The first-order chi connectivity index (χ1) is 15.4. The van der Waals surface area contributed by atoms with Crippen LogP contribution in [0.25, 0.3) is 0 Å². The third-order valence-corrected chi connectivity index (χ3v) is 8.01. The smallest absolute Gasteiger partial charge is 0.238 e. The summed E-state index contributed by atoms with van der Waals surface area (Å²) in [5.41, 5.74) is 0.365. The van der Waals surface area contributed by atoms with Crippen molar-refractivity contribution in [2.75, 3.05) is 6.54 Å². The Kier molecular flexibility index (Phi) is 6.88. The van der Waals surface area contributed by atoms with E-state index in [1.54, 1.807) is 35.6 Å². The van der Waals surface area contributed by atoms with E-state index in [9.17, 15) is 17.6 Å². The zero-order valence-electron chi connectivity index (χ0n) is 17.2. The van der Waals surface area contributed by atoms with Gasteiger partial charge in [0.2, 0.25) is 15.7 Å². The zero-order valence-corrected chi connectivity index (χ0v) is 18.8. The van der Waals surface area contributed by atoms with Crippen molar-refractivity contribution >= 4 is 27.1 Å². The van der Waals surface area contributed by atoms with Gasteiger partial charge in [-0.2, -0.15) is 0 Å². The van der Waals surface area contributed by atoms with Crippen LogP contribution in [0, 0.1) is 5.82 Å². The predicted molar refractivity (Wildman–Crippen MR) is 121 cm³/mol. The number of nitrogens with one attached hydrogen (secondary N) is 2. The van der Waals surface area contributed by atoms with E-state index in [2.05, 4.69) is 10.6 Å². The number of rotatable bonds is 8. The average Bonchev–Trinajstić information content (AvgIpc) is 3.51. The molecule has 1 aliphatic heterocycles. The maximum absolute atomic E-state index is 13.5. The van der Waals surface area contributed by atoms with Crippen molar-refractivity contribution in [2.24, 2.45) is 0 Å². The fourth-order valence-electron chi connectivity index (χ4n) is 3.56. The van der Waals surface area contributed by atoms with Crippen LogP contribution in [-0.2, 0) is 21.2 Å². The lowest BCUT2D eigenvalue weighted by Crippen LogP contribution is -2.44. The molecular weight excluding hydrogens is 451 g/mol. The summed E-state index contributed by atoms with van der Waals surface area (Å²) in [4.78, 5) is 13.8. The zero-order chi connectivity index (χ0) is 22.6. The summed E-state index contributed by atoms with van der Waals surface area (Å²) in [5, 5.41) is 6.38. The number of hydrogen-bond acceptors (Lipinski definition) is 6. The van der Waals surface area contributed by atoms with Crippen LogP contribution < -0.4 is 15.4 Å². The molecule has 2 atom stereocenters. The average molecular weight is 475 g/mol. The molecule has 32 heavy (non-hydrogen) atoms. The molecule has 1 aliphatic rings. The number of ether oxygens (including phenoxy) is 1. The molecule has 0 saturated carbocycles. The van der Waals surface area contributed by atoms with Gasteiger partial charge in [0.05, 0.1) is 10.9 Å². The second kappa shape index (κ2) is 9.81. The van der Waals surface area contributed by atoms with Gasteiger partial charge in [-0.1, -0.05) is 18.2 Å². The molecule has 1 saturated heterocycles. The van der Waals surface area contributed by atoms with E-state index in [1.807, 2.05) is 17.5 Å². The Balaban J connectivity index is 1.64. The van der Waals surface area contributed by atoms with Crippen molar-refractivity contribution in [3.05, 3.63) is 82.3 Å². The Hall–Kier alpha value is -2.75. The molecule has 0 bridgehead atoms. The van der Waals surface area contributed by atoms with Gasteiger partial charge >= 0.3 is 0 Å². The third-order valence-electron chi connectivity index (χ3n) is 5.22. The lowest BCUT2D eigenvalue weighted by molar-refractivity contribution is -0.123. The monoisotopic (exact) mass is 474 g/mol. The summed E-state index contributed by atoms with van der Waals surface area (Å²) in [6.45, 7) is 1.06. The van der Waals surface area contributed by atoms with Crippen LogP contribution in [0.2, 0.25) is 0 Å². The van der Waals surface area contributed by atoms with Gasteiger partial charge in [-0.15, -0.1) is 11.3 Å². The van der Waals surface area contributed by atoms with Gasteiger partial charge in [0.25, 0.3) is 0 Å². The fourth-order valence-corrected chi connectivity index (χ4v) is 5.73. The molecule has 168 valence electrons. The first-order valence-corrected chi connectivity index (χ1v) is 12.6. The predicted octanol–water partition coefficient (Wildman–Crippen LogP) is 3.81. The van der Waals surface area contributed by atoms with E-state index in [1.165, 1.54) is 12.1 Å². The Morgan fingerprint density at radius 2 is 2.00 bits per heavy atom. The van der Waals surface area contributed by atoms with Crippen molar-refractivity contribution in [2.45, 2.75) is 35.8 Å². The topological polar surface area (TPSA) is 84.5 Å².